The van der Waals surface area contributed by atoms with Crippen LogP contribution in [0.3, 0.4) is 0 Å². The minimum Gasteiger partial charge on any atom is -0.508 e. The van der Waals surface area contributed by atoms with E-state index in [-0.39, 0.29) is 18.8 Å². The van der Waals surface area contributed by atoms with E-state index < -0.39 is 15.8 Å². The van der Waals surface area contributed by atoms with Crippen molar-refractivity contribution in [2.75, 3.05) is 6.54 Å². The van der Waals surface area contributed by atoms with Crippen molar-refractivity contribution < 1.29 is 22.3 Å². The molecule has 1 aliphatic heterocycles. The highest BCUT2D eigenvalue weighted by Crippen LogP contribution is 2.26. The molecule has 0 saturated heterocycles. The van der Waals surface area contributed by atoms with Crippen LogP contribution in [0.1, 0.15) is 11.1 Å². The van der Waals surface area contributed by atoms with Gasteiger partial charge in [-0.05, 0) is 29.7 Å². The summed E-state index contributed by atoms with van der Waals surface area (Å²) in [5.41, 5.74) is 1.45. The van der Waals surface area contributed by atoms with Crippen LogP contribution in [0.4, 0.5) is 8.78 Å². The molecule has 1 N–H and O–H groups in total. The zero-order valence-corrected chi connectivity index (χ0v) is 9.62. The summed E-state index contributed by atoms with van der Waals surface area (Å²) in [6.45, 7) is -0.0686. The molecule has 0 spiro atoms. The molecule has 0 bridgehead atoms. The minimum atomic E-state index is -4.54. The van der Waals surface area contributed by atoms with Crippen molar-refractivity contribution in [3.05, 3.63) is 29.3 Å². The third kappa shape index (κ3) is 2.25. The van der Waals surface area contributed by atoms with E-state index in [1.165, 1.54) is 12.1 Å². The Morgan fingerprint density at radius 2 is 2.00 bits per heavy atom. The fourth-order valence-corrected chi connectivity index (χ4v) is 2.74. The first-order valence-electron chi connectivity index (χ1n) is 4.99. The molecule has 0 aromatic heterocycles. The lowest BCUT2D eigenvalue weighted by Crippen LogP contribution is -2.39. The fraction of sp³-hybridized carbons (Fsp3) is 0.400. The number of hydrogen-bond donors (Lipinski definition) is 1. The first kappa shape index (κ1) is 12.3. The number of phenolic OH excluding ortho intramolecular Hbond substituents is 1. The van der Waals surface area contributed by atoms with Crippen LogP contribution in [0.25, 0.3) is 0 Å². The lowest BCUT2D eigenvalue weighted by atomic mass is 10.0. The highest BCUT2D eigenvalue weighted by Gasteiger charge is 2.34. The van der Waals surface area contributed by atoms with Gasteiger partial charge in [-0.1, -0.05) is 6.07 Å². The smallest absolute Gasteiger partial charge is 0.350 e. The second-order valence-corrected chi connectivity index (χ2v) is 5.74. The maximum atomic E-state index is 12.4. The van der Waals surface area contributed by atoms with Crippen LogP contribution in [0.15, 0.2) is 18.2 Å². The zero-order valence-electron chi connectivity index (χ0n) is 8.81. The monoisotopic (exact) mass is 263 g/mol. The molecule has 17 heavy (non-hydrogen) atoms. The van der Waals surface area contributed by atoms with Gasteiger partial charge in [-0.3, -0.25) is 0 Å². The molecular weight excluding hydrogens is 252 g/mol. The summed E-state index contributed by atoms with van der Waals surface area (Å²) in [7, 11) is -4.54. The fourth-order valence-electron chi connectivity index (χ4n) is 1.85. The summed E-state index contributed by atoms with van der Waals surface area (Å²) in [5.74, 6) is -3.40. The number of nitrogens with zero attached hydrogens (tertiary/aromatic N) is 1. The summed E-state index contributed by atoms with van der Waals surface area (Å²) < 4.78 is 48.1. The van der Waals surface area contributed by atoms with Gasteiger partial charge in [-0.25, -0.2) is 8.42 Å². The van der Waals surface area contributed by atoms with Crippen molar-refractivity contribution in [1.82, 2.24) is 4.31 Å². The average Bonchev–Trinajstić information content (AvgIpc) is 2.27. The number of rotatable bonds is 2. The molecule has 0 unspecified atom stereocenters. The van der Waals surface area contributed by atoms with Crippen molar-refractivity contribution in [3.63, 3.8) is 0 Å². The Hall–Kier alpha value is -1.21. The summed E-state index contributed by atoms with van der Waals surface area (Å²) in [4.78, 5) is 0. The largest absolute Gasteiger partial charge is 0.508 e. The van der Waals surface area contributed by atoms with Gasteiger partial charge in [0.2, 0.25) is 0 Å². The van der Waals surface area contributed by atoms with Crippen LogP contribution in [0.2, 0.25) is 0 Å². The van der Waals surface area contributed by atoms with E-state index in [1.807, 2.05) is 0 Å². The van der Waals surface area contributed by atoms with Crippen LogP contribution in [-0.2, 0) is 23.0 Å². The van der Waals surface area contributed by atoms with Crippen LogP contribution >= 0.6 is 0 Å². The topological polar surface area (TPSA) is 57.6 Å². The van der Waals surface area contributed by atoms with Gasteiger partial charge in [0, 0.05) is 13.1 Å². The van der Waals surface area contributed by atoms with Crippen molar-refractivity contribution in [2.24, 2.45) is 0 Å². The Labute approximate surface area is 97.5 Å². The second-order valence-electron chi connectivity index (χ2n) is 3.84. The van der Waals surface area contributed by atoms with Gasteiger partial charge in [0.15, 0.2) is 0 Å². The molecule has 0 amide bonds. The SMILES string of the molecule is O=S(=O)(C(F)F)N1CCc2ccc(O)cc2C1. The number of halogens is 2. The van der Waals surface area contributed by atoms with Gasteiger partial charge >= 0.3 is 5.76 Å². The molecule has 4 nitrogen and oxygen atoms in total. The number of phenols is 1. The quantitative estimate of drug-likeness (QED) is 0.875. The molecule has 0 atom stereocenters. The number of hydrogen-bond acceptors (Lipinski definition) is 3. The molecule has 1 heterocycles. The molecule has 0 radical (unpaired) electrons. The standard InChI is InChI=1S/C10H11F2NO3S/c11-10(12)17(15,16)13-4-3-7-1-2-9(14)5-8(7)6-13/h1-2,5,10,14H,3-4,6H2. The van der Waals surface area contributed by atoms with E-state index >= 15 is 0 Å². The van der Waals surface area contributed by atoms with E-state index in [2.05, 4.69) is 0 Å². The van der Waals surface area contributed by atoms with Gasteiger partial charge < -0.3 is 5.11 Å². The highest BCUT2D eigenvalue weighted by molar-refractivity contribution is 7.89. The molecule has 0 aliphatic carbocycles. The normalized spacial score (nSPS) is 17.1. The van der Waals surface area contributed by atoms with Gasteiger partial charge in [0.05, 0.1) is 0 Å². The molecule has 0 saturated carbocycles. The second kappa shape index (κ2) is 4.23. The van der Waals surface area contributed by atoms with Gasteiger partial charge in [-0.15, -0.1) is 0 Å². The van der Waals surface area contributed by atoms with E-state index in [0.29, 0.717) is 12.0 Å². The van der Waals surface area contributed by atoms with Crippen molar-refractivity contribution >= 4 is 10.0 Å². The number of alkyl halides is 2. The van der Waals surface area contributed by atoms with Gasteiger partial charge in [0.25, 0.3) is 10.0 Å². The predicted molar refractivity (Wildman–Crippen MR) is 57.1 cm³/mol. The number of benzene rings is 1. The zero-order chi connectivity index (χ0) is 12.6. The maximum Gasteiger partial charge on any atom is 0.350 e. The van der Waals surface area contributed by atoms with E-state index in [9.17, 15) is 22.3 Å². The lowest BCUT2D eigenvalue weighted by molar-refractivity contribution is 0.216. The van der Waals surface area contributed by atoms with Crippen LogP contribution < -0.4 is 0 Å². The molecule has 0 fully saturated rings. The average molecular weight is 263 g/mol. The molecule has 1 aromatic carbocycles. The highest BCUT2D eigenvalue weighted by atomic mass is 32.2. The predicted octanol–water partition coefficient (Wildman–Crippen LogP) is 1.30. The van der Waals surface area contributed by atoms with E-state index in [4.69, 9.17) is 0 Å². The third-order valence-corrected chi connectivity index (χ3v) is 4.23. The molecule has 7 heteroatoms. The van der Waals surface area contributed by atoms with Crippen molar-refractivity contribution in [1.29, 1.82) is 0 Å². The van der Waals surface area contributed by atoms with Crippen molar-refractivity contribution in [3.8, 4) is 5.75 Å². The number of sulfonamides is 1. The summed E-state index contributed by atoms with van der Waals surface area (Å²) in [6.07, 6.45) is 0.377. The van der Waals surface area contributed by atoms with E-state index in [1.54, 1.807) is 6.07 Å². The maximum absolute atomic E-state index is 12.4. The Morgan fingerprint density at radius 1 is 1.29 bits per heavy atom. The van der Waals surface area contributed by atoms with Crippen molar-refractivity contribution in [2.45, 2.75) is 18.7 Å². The molecular formula is C10H11F2NO3S. The summed E-state index contributed by atoms with van der Waals surface area (Å²) in [5, 5.41) is 9.27. The Kier molecular flexibility index (Phi) is 3.05. The van der Waals surface area contributed by atoms with Crippen LogP contribution in [0, 0.1) is 0 Å². The van der Waals surface area contributed by atoms with Crippen LogP contribution in [-0.4, -0.2) is 30.1 Å². The van der Waals surface area contributed by atoms with Crippen LogP contribution in [0.5, 0.6) is 5.75 Å². The Bertz CT molecular complexity index is 530. The summed E-state index contributed by atoms with van der Waals surface area (Å²) in [6, 6.07) is 4.58. The first-order chi connectivity index (χ1) is 7.91. The lowest BCUT2D eigenvalue weighted by Gasteiger charge is -2.27. The Morgan fingerprint density at radius 3 is 2.65 bits per heavy atom. The minimum absolute atomic E-state index is 0.0000416. The Balaban J connectivity index is 2.30. The molecule has 1 aromatic rings. The number of fused-ring (bicyclic) bond motifs is 1. The first-order valence-corrected chi connectivity index (χ1v) is 6.49. The third-order valence-electron chi connectivity index (χ3n) is 2.75. The molecule has 1 aliphatic rings. The molecule has 2 rings (SSSR count). The number of aromatic hydroxyl groups is 1. The van der Waals surface area contributed by atoms with Gasteiger partial charge in [-0.2, -0.15) is 13.1 Å². The van der Waals surface area contributed by atoms with E-state index in [0.717, 1.165) is 9.87 Å². The molecule has 94 valence electrons. The summed E-state index contributed by atoms with van der Waals surface area (Å²) >= 11 is 0. The van der Waals surface area contributed by atoms with Gasteiger partial charge in [0.1, 0.15) is 5.75 Å².